The van der Waals surface area contributed by atoms with Gasteiger partial charge in [-0.2, -0.15) is 5.10 Å². The van der Waals surface area contributed by atoms with E-state index >= 15 is 0 Å². The van der Waals surface area contributed by atoms with Crippen molar-refractivity contribution in [1.29, 1.82) is 0 Å². The van der Waals surface area contributed by atoms with E-state index in [1.807, 2.05) is 47.5 Å². The van der Waals surface area contributed by atoms with Crippen LogP contribution in [0.5, 0.6) is 0 Å². The zero-order chi connectivity index (χ0) is 22.3. The molecule has 8 heteroatoms. The summed E-state index contributed by atoms with van der Waals surface area (Å²) in [5.74, 6) is 0.538. The Morgan fingerprint density at radius 3 is 2.59 bits per heavy atom. The minimum atomic E-state index is -0.366. The lowest BCUT2D eigenvalue weighted by Crippen LogP contribution is -2.36. The lowest BCUT2D eigenvalue weighted by atomic mass is 10.2. The highest BCUT2D eigenvalue weighted by molar-refractivity contribution is 5.89. The first-order chi connectivity index (χ1) is 15.6. The lowest BCUT2D eigenvalue weighted by Gasteiger charge is -2.23. The molecule has 3 aromatic rings. The van der Waals surface area contributed by atoms with Crippen molar-refractivity contribution in [2.75, 3.05) is 37.7 Å². The number of esters is 1. The summed E-state index contributed by atoms with van der Waals surface area (Å²) in [6, 6.07) is 13.4. The molecule has 1 fully saturated rings. The second kappa shape index (κ2) is 10.1. The van der Waals surface area contributed by atoms with Gasteiger partial charge in [0.2, 0.25) is 5.91 Å². The second-order valence-electron chi connectivity index (χ2n) is 7.65. The maximum Gasteiger partial charge on any atom is 0.339 e. The summed E-state index contributed by atoms with van der Waals surface area (Å²) >= 11 is 0. The number of anilines is 1. The highest BCUT2D eigenvalue weighted by atomic mass is 16.5. The van der Waals surface area contributed by atoms with E-state index in [1.165, 1.54) is 0 Å². The summed E-state index contributed by atoms with van der Waals surface area (Å²) in [7, 11) is 0. The van der Waals surface area contributed by atoms with Crippen LogP contribution < -0.4 is 4.90 Å². The van der Waals surface area contributed by atoms with Crippen LogP contribution in [-0.2, 0) is 16.0 Å². The number of hydrogen-bond acceptors (Lipinski definition) is 6. The molecule has 0 aliphatic carbocycles. The van der Waals surface area contributed by atoms with Crippen LogP contribution in [0.4, 0.5) is 5.82 Å². The number of pyridine rings is 1. The molecule has 32 heavy (non-hydrogen) atoms. The fourth-order valence-electron chi connectivity index (χ4n) is 3.76. The van der Waals surface area contributed by atoms with Crippen LogP contribution in [0.25, 0.3) is 5.69 Å². The zero-order valence-corrected chi connectivity index (χ0v) is 18.2. The number of nitrogens with zero attached hydrogens (tertiary/aromatic N) is 5. The molecule has 0 N–H and O–H groups in total. The smallest absolute Gasteiger partial charge is 0.339 e. The third-order valence-corrected chi connectivity index (χ3v) is 5.44. The molecule has 0 saturated carbocycles. The van der Waals surface area contributed by atoms with E-state index in [-0.39, 0.29) is 11.9 Å². The molecule has 1 saturated heterocycles. The number of carbonyl (C=O) groups is 2. The molecule has 8 nitrogen and oxygen atoms in total. The summed E-state index contributed by atoms with van der Waals surface area (Å²) in [5.41, 5.74) is 2.31. The molecule has 0 radical (unpaired) electrons. The van der Waals surface area contributed by atoms with Gasteiger partial charge in [0.05, 0.1) is 30.5 Å². The number of ether oxygens (including phenoxy) is 1. The van der Waals surface area contributed by atoms with Gasteiger partial charge in [-0.1, -0.05) is 18.2 Å². The Morgan fingerprint density at radius 1 is 1.00 bits per heavy atom. The van der Waals surface area contributed by atoms with Gasteiger partial charge in [0, 0.05) is 38.6 Å². The average molecular weight is 434 g/mol. The van der Waals surface area contributed by atoms with Crippen molar-refractivity contribution in [3.8, 4) is 5.69 Å². The van der Waals surface area contributed by atoms with Crippen molar-refractivity contribution in [2.24, 2.45) is 0 Å². The minimum absolute atomic E-state index is 0.102. The van der Waals surface area contributed by atoms with Gasteiger partial charge in [0.15, 0.2) is 0 Å². The van der Waals surface area contributed by atoms with Crippen LogP contribution in [0.1, 0.15) is 29.3 Å². The quantitative estimate of drug-likeness (QED) is 0.556. The van der Waals surface area contributed by atoms with Crippen molar-refractivity contribution in [3.63, 3.8) is 0 Å². The standard InChI is InChI=1S/C24H27N5O3/c1-2-32-24(31)20-9-10-22(25-17-20)27-11-6-12-28(14-13-27)23(30)15-19-16-26-29(18-19)21-7-4-3-5-8-21/h3-5,7-10,16-18H,2,6,11-15H2,1H3. The topological polar surface area (TPSA) is 80.6 Å². The molecule has 0 atom stereocenters. The number of carbonyl (C=O) groups excluding carboxylic acids is 2. The molecule has 0 bridgehead atoms. The maximum atomic E-state index is 12.9. The minimum Gasteiger partial charge on any atom is -0.462 e. The molecule has 0 unspecified atom stereocenters. The predicted octanol–water partition coefficient (Wildman–Crippen LogP) is 2.73. The summed E-state index contributed by atoms with van der Waals surface area (Å²) in [5, 5.41) is 4.38. The van der Waals surface area contributed by atoms with Gasteiger partial charge in [0.25, 0.3) is 0 Å². The fraction of sp³-hybridized carbons (Fsp3) is 0.333. The number of aromatic nitrogens is 3. The summed E-state index contributed by atoms with van der Waals surface area (Å²) in [4.78, 5) is 33.2. The van der Waals surface area contributed by atoms with Crippen LogP contribution >= 0.6 is 0 Å². The maximum absolute atomic E-state index is 12.9. The van der Waals surface area contributed by atoms with E-state index in [4.69, 9.17) is 4.74 Å². The monoisotopic (exact) mass is 433 g/mol. The summed E-state index contributed by atoms with van der Waals surface area (Å²) in [6.07, 6.45) is 6.40. The molecular formula is C24H27N5O3. The first kappa shape index (κ1) is 21.5. The molecule has 0 spiro atoms. The molecule has 2 aromatic heterocycles. The highest BCUT2D eigenvalue weighted by Crippen LogP contribution is 2.16. The Balaban J connectivity index is 1.33. The van der Waals surface area contributed by atoms with E-state index in [0.717, 1.165) is 30.0 Å². The van der Waals surface area contributed by atoms with Crippen molar-refractivity contribution in [3.05, 3.63) is 72.2 Å². The van der Waals surface area contributed by atoms with Gasteiger partial charge in [-0.25, -0.2) is 14.5 Å². The Bertz CT molecular complexity index is 1050. The molecule has 1 aromatic carbocycles. The van der Waals surface area contributed by atoms with Crippen molar-refractivity contribution in [1.82, 2.24) is 19.7 Å². The van der Waals surface area contributed by atoms with Gasteiger partial charge < -0.3 is 14.5 Å². The van der Waals surface area contributed by atoms with Crippen LogP contribution in [-0.4, -0.2) is 64.3 Å². The van der Waals surface area contributed by atoms with E-state index in [9.17, 15) is 9.59 Å². The molecule has 166 valence electrons. The van der Waals surface area contributed by atoms with E-state index in [1.54, 1.807) is 30.1 Å². The van der Waals surface area contributed by atoms with Crippen molar-refractivity contribution < 1.29 is 14.3 Å². The molecule has 3 heterocycles. The van der Waals surface area contributed by atoms with E-state index in [0.29, 0.717) is 38.2 Å². The van der Waals surface area contributed by atoms with Crippen molar-refractivity contribution >= 4 is 17.7 Å². The zero-order valence-electron chi connectivity index (χ0n) is 18.2. The number of hydrogen-bond donors (Lipinski definition) is 0. The molecular weight excluding hydrogens is 406 g/mol. The van der Waals surface area contributed by atoms with Crippen LogP contribution in [0.15, 0.2) is 61.1 Å². The number of amides is 1. The Hall–Kier alpha value is -3.68. The second-order valence-corrected chi connectivity index (χ2v) is 7.65. The van der Waals surface area contributed by atoms with Gasteiger partial charge in [0.1, 0.15) is 5.82 Å². The third-order valence-electron chi connectivity index (χ3n) is 5.44. The van der Waals surface area contributed by atoms with E-state index < -0.39 is 0 Å². The lowest BCUT2D eigenvalue weighted by molar-refractivity contribution is -0.130. The number of rotatable bonds is 6. The first-order valence-corrected chi connectivity index (χ1v) is 10.9. The third kappa shape index (κ3) is 5.14. The van der Waals surface area contributed by atoms with Gasteiger partial charge in [-0.3, -0.25) is 4.79 Å². The summed E-state index contributed by atoms with van der Waals surface area (Å²) in [6.45, 7) is 4.96. The van der Waals surface area contributed by atoms with Gasteiger partial charge >= 0.3 is 5.97 Å². The van der Waals surface area contributed by atoms with Crippen LogP contribution in [0.3, 0.4) is 0 Å². The average Bonchev–Trinajstić information content (AvgIpc) is 3.14. The fourth-order valence-corrected chi connectivity index (χ4v) is 3.76. The highest BCUT2D eigenvalue weighted by Gasteiger charge is 2.21. The largest absolute Gasteiger partial charge is 0.462 e. The first-order valence-electron chi connectivity index (χ1n) is 10.9. The van der Waals surface area contributed by atoms with E-state index in [2.05, 4.69) is 15.0 Å². The normalized spacial score (nSPS) is 14.2. The number of benzene rings is 1. The summed E-state index contributed by atoms with van der Waals surface area (Å²) < 4.78 is 6.80. The molecule has 1 amide bonds. The Kier molecular flexibility index (Phi) is 6.79. The number of para-hydroxylation sites is 1. The Morgan fingerprint density at radius 2 is 1.84 bits per heavy atom. The predicted molar refractivity (Wildman–Crippen MR) is 121 cm³/mol. The van der Waals surface area contributed by atoms with Gasteiger partial charge in [-0.15, -0.1) is 0 Å². The SMILES string of the molecule is CCOC(=O)c1ccc(N2CCCN(C(=O)Cc3cnn(-c4ccccc4)c3)CC2)nc1. The van der Waals surface area contributed by atoms with Gasteiger partial charge in [-0.05, 0) is 43.2 Å². The molecule has 1 aliphatic heterocycles. The van der Waals surface area contributed by atoms with Crippen LogP contribution in [0, 0.1) is 0 Å². The van der Waals surface area contributed by atoms with Crippen molar-refractivity contribution in [2.45, 2.75) is 19.8 Å². The Labute approximate surface area is 187 Å². The molecule has 1 aliphatic rings. The van der Waals surface area contributed by atoms with Crippen LogP contribution in [0.2, 0.25) is 0 Å². The molecule has 4 rings (SSSR count).